The molecule has 0 amide bonds. The van der Waals surface area contributed by atoms with Crippen LogP contribution in [0.5, 0.6) is 0 Å². The van der Waals surface area contributed by atoms with Crippen molar-refractivity contribution in [2.45, 2.75) is 0 Å². The van der Waals surface area contributed by atoms with Gasteiger partial charge in [-0.15, -0.1) is 10.2 Å². The minimum Gasteiger partial charge on any atom is -0.397 e. The number of anilines is 2. The number of rotatable bonds is 2. The summed E-state index contributed by atoms with van der Waals surface area (Å²) in [5.41, 5.74) is 24.1. The van der Waals surface area contributed by atoms with E-state index in [1.165, 1.54) is 0 Å². The van der Waals surface area contributed by atoms with E-state index in [2.05, 4.69) is 32.1 Å². The van der Waals surface area contributed by atoms with Crippen molar-refractivity contribution in [1.29, 1.82) is 11.1 Å². The normalized spacial score (nSPS) is 8.67. The first-order chi connectivity index (χ1) is 11.6. The minimum absolute atomic E-state index is 0.646. The number of hydrogen-bond donors (Lipinski definition) is 6. The lowest BCUT2D eigenvalue weighted by atomic mass is 10.3. The molecule has 2 aromatic carbocycles. The van der Waals surface area contributed by atoms with E-state index in [0.717, 1.165) is 12.7 Å². The molecule has 0 bridgehead atoms. The molecule has 0 atom stereocenters. The Hall–Kier alpha value is -3.82. The van der Waals surface area contributed by atoms with E-state index in [0.29, 0.717) is 11.4 Å². The highest BCUT2D eigenvalue weighted by atomic mass is 15.2. The summed E-state index contributed by atoms with van der Waals surface area (Å²) >= 11 is 0. The lowest BCUT2D eigenvalue weighted by molar-refractivity contribution is 1.17. The summed E-state index contributed by atoms with van der Waals surface area (Å²) in [6.07, 6.45) is 1.89. The maximum absolute atomic E-state index is 6.00. The first kappa shape index (κ1) is 22.5. The second kappa shape index (κ2) is 19.2. The maximum Gasteiger partial charge on any atom is 0.156 e. The predicted molar refractivity (Wildman–Crippen MR) is 97.4 cm³/mol. The topological polar surface area (TPSA) is 201 Å². The van der Waals surface area contributed by atoms with Crippen LogP contribution in [0.25, 0.3) is 0 Å². The number of nitrogen functional groups attached to an aromatic ring is 2. The molecule has 10 heteroatoms. The number of nitrogens with zero attached hydrogens (tertiary/aromatic N) is 4. The van der Waals surface area contributed by atoms with Gasteiger partial charge < -0.3 is 23.2 Å². The Balaban J connectivity index is 0. The molecule has 0 aliphatic heterocycles. The van der Waals surface area contributed by atoms with Crippen molar-refractivity contribution in [3.8, 4) is 0 Å². The van der Waals surface area contributed by atoms with Gasteiger partial charge in [0.05, 0.1) is 11.4 Å². The van der Waals surface area contributed by atoms with Crippen molar-refractivity contribution >= 4 is 24.1 Å². The van der Waals surface area contributed by atoms with Crippen LogP contribution in [0.1, 0.15) is 0 Å². The molecule has 0 saturated carbocycles. The molecule has 0 aromatic heterocycles. The van der Waals surface area contributed by atoms with E-state index in [-0.39, 0.29) is 0 Å². The van der Waals surface area contributed by atoms with Crippen molar-refractivity contribution in [3.63, 3.8) is 0 Å². The second-order valence-electron chi connectivity index (χ2n) is 3.57. The molecule has 0 unspecified atom stereocenters. The second-order valence-corrected chi connectivity index (χ2v) is 3.57. The highest BCUT2D eigenvalue weighted by molar-refractivity contribution is 5.62. The summed E-state index contributed by atoms with van der Waals surface area (Å²) in [7, 11) is 0. The van der Waals surface area contributed by atoms with E-state index >= 15 is 0 Å². The van der Waals surface area contributed by atoms with Gasteiger partial charge in [-0.3, -0.25) is 0 Å². The quantitative estimate of drug-likeness (QED) is 0.122. The first-order valence-corrected chi connectivity index (χ1v) is 6.40. The third-order valence-corrected chi connectivity index (χ3v) is 1.91. The molecule has 2 aromatic rings. The van der Waals surface area contributed by atoms with Crippen molar-refractivity contribution in [2.75, 3.05) is 11.5 Å². The molecule has 2 rings (SSSR count). The number of nitrogens with two attached hydrogens (primary N) is 4. The summed E-state index contributed by atoms with van der Waals surface area (Å²) in [6.45, 7) is 0. The fourth-order valence-corrected chi connectivity index (χ4v) is 0.962. The van der Waals surface area contributed by atoms with Gasteiger partial charge >= 0.3 is 0 Å². The van der Waals surface area contributed by atoms with Crippen LogP contribution in [0.3, 0.4) is 0 Å². The third-order valence-electron chi connectivity index (χ3n) is 1.91. The Morgan fingerprint density at radius 3 is 1.04 bits per heavy atom. The molecule has 0 radical (unpaired) electrons. The van der Waals surface area contributed by atoms with Gasteiger partial charge in [-0.1, -0.05) is 48.5 Å². The van der Waals surface area contributed by atoms with Crippen molar-refractivity contribution < 1.29 is 0 Å². The Morgan fingerprint density at radius 1 is 0.625 bits per heavy atom. The monoisotopic (exact) mass is 330 g/mol. The van der Waals surface area contributed by atoms with Crippen LogP contribution in [0, 0.1) is 11.1 Å². The van der Waals surface area contributed by atoms with E-state index in [1.807, 2.05) is 48.5 Å². The first-order valence-electron chi connectivity index (χ1n) is 6.40. The molecule has 10 nitrogen and oxygen atoms in total. The number of hydrogen-bond acceptors (Lipinski definition) is 8. The Morgan fingerprint density at radius 2 is 0.917 bits per heavy atom. The predicted octanol–water partition coefficient (Wildman–Crippen LogP) is 2.38. The van der Waals surface area contributed by atoms with Crippen LogP contribution < -0.4 is 23.2 Å². The molecular weight excluding hydrogens is 308 g/mol. The van der Waals surface area contributed by atoms with E-state index in [4.69, 9.17) is 22.5 Å². The lowest BCUT2D eigenvalue weighted by Crippen LogP contribution is -1.91. The zero-order chi connectivity index (χ0) is 18.5. The summed E-state index contributed by atoms with van der Waals surface area (Å²) in [5.74, 6) is 8.99. The number of hydrazone groups is 2. The summed E-state index contributed by atoms with van der Waals surface area (Å²) in [4.78, 5) is 0. The maximum atomic E-state index is 6.00. The molecule has 0 aliphatic rings. The molecule has 0 aliphatic carbocycles. The average molecular weight is 330 g/mol. The molecular formula is C14H22N10. The van der Waals surface area contributed by atoms with Crippen LogP contribution in [0.15, 0.2) is 81.1 Å². The molecule has 0 heterocycles. The summed E-state index contributed by atoms with van der Waals surface area (Å²) in [6, 6.07) is 19.3. The summed E-state index contributed by atoms with van der Waals surface area (Å²) in [5, 5.41) is 11.1. The number of nitrogens with one attached hydrogen (secondary N) is 2. The molecule has 0 fully saturated rings. The molecule has 0 spiro atoms. The van der Waals surface area contributed by atoms with Crippen LogP contribution in [-0.4, -0.2) is 12.7 Å². The van der Waals surface area contributed by atoms with Gasteiger partial charge in [-0.2, -0.15) is 10.2 Å². The zero-order valence-electron chi connectivity index (χ0n) is 13.0. The zero-order valence-corrected chi connectivity index (χ0v) is 13.0. The van der Waals surface area contributed by atoms with Gasteiger partial charge in [0.2, 0.25) is 0 Å². The van der Waals surface area contributed by atoms with Crippen LogP contribution in [-0.2, 0) is 0 Å². The van der Waals surface area contributed by atoms with Gasteiger partial charge in [-0.05, 0) is 12.1 Å². The van der Waals surface area contributed by atoms with E-state index < -0.39 is 0 Å². The smallest absolute Gasteiger partial charge is 0.156 e. The SMILES string of the molecule is N=NC=NN.N=NC=NN.Nc1ccccc1N.c1ccccc1. The fourth-order valence-electron chi connectivity index (χ4n) is 0.962. The minimum atomic E-state index is 0.646. The van der Waals surface area contributed by atoms with E-state index in [1.54, 1.807) is 12.1 Å². The molecule has 0 saturated heterocycles. The highest BCUT2D eigenvalue weighted by Crippen LogP contribution is 2.10. The van der Waals surface area contributed by atoms with Crippen molar-refractivity contribution in [2.24, 2.45) is 32.1 Å². The van der Waals surface area contributed by atoms with Gasteiger partial charge in [0.25, 0.3) is 0 Å². The van der Waals surface area contributed by atoms with Gasteiger partial charge in [0.1, 0.15) is 0 Å². The van der Waals surface area contributed by atoms with Gasteiger partial charge in [0, 0.05) is 0 Å². The molecule has 128 valence electrons. The third kappa shape index (κ3) is 18.2. The fraction of sp³-hybridized carbons (Fsp3) is 0. The number of para-hydroxylation sites is 2. The largest absolute Gasteiger partial charge is 0.397 e. The van der Waals surface area contributed by atoms with Crippen LogP contribution in [0.2, 0.25) is 0 Å². The lowest BCUT2D eigenvalue weighted by Gasteiger charge is -1.94. The van der Waals surface area contributed by atoms with Crippen LogP contribution in [0.4, 0.5) is 11.4 Å². The van der Waals surface area contributed by atoms with Crippen molar-refractivity contribution in [3.05, 3.63) is 60.7 Å². The Kier molecular flexibility index (Phi) is 18.0. The average Bonchev–Trinajstić information content (AvgIpc) is 2.62. The number of benzene rings is 2. The van der Waals surface area contributed by atoms with Crippen LogP contribution >= 0.6 is 0 Å². The Labute approximate surface area is 140 Å². The van der Waals surface area contributed by atoms with E-state index in [9.17, 15) is 0 Å². The van der Waals surface area contributed by atoms with Gasteiger partial charge in [-0.25, -0.2) is 11.1 Å². The van der Waals surface area contributed by atoms with Crippen molar-refractivity contribution in [1.82, 2.24) is 0 Å². The molecule has 24 heavy (non-hydrogen) atoms. The van der Waals surface area contributed by atoms with Gasteiger partial charge in [0.15, 0.2) is 12.7 Å². The molecule has 10 N–H and O–H groups in total. The standard InChI is InChI=1S/C6H8N2.C6H6.2CH4N4/c7-5-3-1-2-4-6(5)8;1-2-4-6-5-3-1;2*2-4-1-5-3/h1-4H,7-8H2;1-6H;2*1-2H,3H2. The highest BCUT2D eigenvalue weighted by Gasteiger charge is 1.85. The Bertz CT molecular complexity index is 519. The summed E-state index contributed by atoms with van der Waals surface area (Å²) < 4.78 is 0.